The molecule has 2 aliphatic rings. The Labute approximate surface area is 113 Å². The highest BCUT2D eigenvalue weighted by Crippen LogP contribution is 2.39. The molecule has 19 heavy (non-hydrogen) atoms. The normalized spacial score (nSPS) is 26.9. The van der Waals surface area contributed by atoms with Crippen LogP contribution in [0.25, 0.3) is 0 Å². The molecule has 3 rings (SSSR count). The van der Waals surface area contributed by atoms with Crippen molar-refractivity contribution >= 4 is 12.0 Å². The lowest BCUT2D eigenvalue weighted by Crippen LogP contribution is -2.47. The van der Waals surface area contributed by atoms with E-state index in [0.717, 1.165) is 25.7 Å². The number of nitrogens with zero attached hydrogens (tertiary/aromatic N) is 1. The van der Waals surface area contributed by atoms with E-state index in [1.807, 2.05) is 0 Å². The Morgan fingerprint density at radius 3 is 2.79 bits per heavy atom. The van der Waals surface area contributed by atoms with Gasteiger partial charge in [0.25, 0.3) is 0 Å². The molecule has 0 spiro atoms. The summed E-state index contributed by atoms with van der Waals surface area (Å²) in [6.07, 6.45) is 8.06. The lowest BCUT2D eigenvalue weighted by Gasteiger charge is -2.45. The van der Waals surface area contributed by atoms with Crippen molar-refractivity contribution in [3.8, 4) is 0 Å². The lowest BCUT2D eigenvalue weighted by molar-refractivity contribution is 0.112. The number of rotatable bonds is 2. The van der Waals surface area contributed by atoms with Gasteiger partial charge in [0.05, 0.1) is 5.69 Å². The topological polar surface area (TPSA) is 20.3 Å². The minimum Gasteiger partial charge on any atom is -0.365 e. The number of anilines is 1. The zero-order chi connectivity index (χ0) is 13.2. The van der Waals surface area contributed by atoms with Gasteiger partial charge in [-0.15, -0.1) is 0 Å². The summed E-state index contributed by atoms with van der Waals surface area (Å²) in [4.78, 5) is 13.4. The van der Waals surface area contributed by atoms with E-state index in [2.05, 4.69) is 4.90 Å². The Kier molecular flexibility index (Phi) is 3.54. The van der Waals surface area contributed by atoms with Crippen molar-refractivity contribution in [2.75, 3.05) is 11.4 Å². The van der Waals surface area contributed by atoms with Crippen molar-refractivity contribution in [3.05, 3.63) is 29.6 Å². The molecule has 0 bridgehead atoms. The van der Waals surface area contributed by atoms with Gasteiger partial charge in [0.15, 0.2) is 6.29 Å². The number of para-hydroxylation sites is 1. The molecular formula is C16H20FNO. The smallest absolute Gasteiger partial charge is 0.152 e. The molecule has 0 amide bonds. The standard InChI is InChI=1S/C16H20FNO/c17-14-8-3-6-13(11-19)16(14)18-10-4-7-12-5-1-2-9-15(12)18/h3,6,8,11-12,15H,1-2,4-5,7,9-10H2. The second-order valence-electron chi connectivity index (χ2n) is 5.74. The maximum Gasteiger partial charge on any atom is 0.152 e. The first-order valence-electron chi connectivity index (χ1n) is 7.31. The first-order valence-corrected chi connectivity index (χ1v) is 7.31. The molecule has 1 aliphatic heterocycles. The van der Waals surface area contributed by atoms with Crippen molar-refractivity contribution < 1.29 is 9.18 Å². The molecule has 2 fully saturated rings. The molecule has 2 unspecified atom stereocenters. The van der Waals surface area contributed by atoms with Gasteiger partial charge in [0.1, 0.15) is 5.82 Å². The Hall–Kier alpha value is -1.38. The Morgan fingerprint density at radius 2 is 1.95 bits per heavy atom. The van der Waals surface area contributed by atoms with E-state index < -0.39 is 0 Å². The van der Waals surface area contributed by atoms with E-state index in [0.29, 0.717) is 23.2 Å². The molecule has 0 aromatic heterocycles. The van der Waals surface area contributed by atoms with E-state index in [1.54, 1.807) is 12.1 Å². The molecule has 2 atom stereocenters. The predicted molar refractivity (Wildman–Crippen MR) is 74.1 cm³/mol. The fourth-order valence-electron chi connectivity index (χ4n) is 3.83. The highest BCUT2D eigenvalue weighted by Gasteiger charge is 2.35. The summed E-state index contributed by atoms with van der Waals surface area (Å²) in [6, 6.07) is 5.23. The highest BCUT2D eigenvalue weighted by atomic mass is 19.1. The van der Waals surface area contributed by atoms with Crippen molar-refractivity contribution in [1.82, 2.24) is 0 Å². The first-order chi connectivity index (χ1) is 9.31. The summed E-state index contributed by atoms with van der Waals surface area (Å²) in [5, 5.41) is 0. The molecular weight excluding hydrogens is 241 g/mol. The Morgan fingerprint density at radius 1 is 1.16 bits per heavy atom. The average Bonchev–Trinajstić information content (AvgIpc) is 2.46. The van der Waals surface area contributed by atoms with Crippen molar-refractivity contribution in [1.29, 1.82) is 0 Å². The van der Waals surface area contributed by atoms with Gasteiger partial charge in [-0.05, 0) is 43.7 Å². The first kappa shape index (κ1) is 12.6. The van der Waals surface area contributed by atoms with E-state index in [-0.39, 0.29) is 5.82 Å². The highest BCUT2D eigenvalue weighted by molar-refractivity contribution is 5.85. The van der Waals surface area contributed by atoms with Crippen molar-refractivity contribution in [2.45, 2.75) is 44.6 Å². The van der Waals surface area contributed by atoms with Gasteiger partial charge in [-0.3, -0.25) is 4.79 Å². The van der Waals surface area contributed by atoms with Crippen LogP contribution in [0, 0.1) is 11.7 Å². The van der Waals surface area contributed by atoms with Gasteiger partial charge in [-0.25, -0.2) is 4.39 Å². The van der Waals surface area contributed by atoms with Crippen LogP contribution in [0.2, 0.25) is 0 Å². The van der Waals surface area contributed by atoms with Gasteiger partial charge in [0.2, 0.25) is 0 Å². The molecule has 3 heteroatoms. The fourth-order valence-corrected chi connectivity index (χ4v) is 3.83. The van der Waals surface area contributed by atoms with Crippen LogP contribution in [-0.2, 0) is 0 Å². The summed E-state index contributed by atoms with van der Waals surface area (Å²) in [5.74, 6) is 0.428. The van der Waals surface area contributed by atoms with Crippen LogP contribution in [0.1, 0.15) is 48.9 Å². The summed E-state index contributed by atoms with van der Waals surface area (Å²) in [7, 11) is 0. The van der Waals surface area contributed by atoms with Crippen molar-refractivity contribution in [2.24, 2.45) is 5.92 Å². The molecule has 0 radical (unpaired) electrons. The summed E-state index contributed by atoms with van der Waals surface area (Å²) in [6.45, 7) is 0.878. The van der Waals surface area contributed by atoms with E-state index in [4.69, 9.17) is 0 Å². The predicted octanol–water partition coefficient (Wildman–Crippen LogP) is 3.80. The van der Waals surface area contributed by atoms with Crippen LogP contribution in [0.15, 0.2) is 18.2 Å². The number of benzene rings is 1. The van der Waals surface area contributed by atoms with Gasteiger partial charge in [0, 0.05) is 18.2 Å². The largest absolute Gasteiger partial charge is 0.365 e. The van der Waals surface area contributed by atoms with Gasteiger partial charge >= 0.3 is 0 Å². The second-order valence-corrected chi connectivity index (χ2v) is 5.74. The molecule has 1 aromatic carbocycles. The van der Waals surface area contributed by atoms with Crippen LogP contribution in [0.5, 0.6) is 0 Å². The number of aldehydes is 1. The van der Waals surface area contributed by atoms with Gasteiger partial charge in [-0.2, -0.15) is 0 Å². The van der Waals surface area contributed by atoms with E-state index in [1.165, 1.54) is 31.7 Å². The molecule has 1 aliphatic carbocycles. The van der Waals surface area contributed by atoms with Crippen molar-refractivity contribution in [3.63, 3.8) is 0 Å². The van der Waals surface area contributed by atoms with E-state index >= 15 is 0 Å². The molecule has 0 N–H and O–H groups in total. The number of hydrogen-bond acceptors (Lipinski definition) is 2. The number of hydrogen-bond donors (Lipinski definition) is 0. The number of piperidine rings is 1. The third-order valence-corrected chi connectivity index (χ3v) is 4.68. The summed E-state index contributed by atoms with van der Waals surface area (Å²) < 4.78 is 14.2. The third kappa shape index (κ3) is 2.26. The van der Waals surface area contributed by atoms with Gasteiger partial charge in [-0.1, -0.05) is 18.9 Å². The Bertz CT molecular complexity index is 472. The molecule has 1 saturated carbocycles. The summed E-state index contributed by atoms with van der Waals surface area (Å²) >= 11 is 0. The molecule has 1 aromatic rings. The number of carbonyl (C=O) groups excluding carboxylic acids is 1. The third-order valence-electron chi connectivity index (χ3n) is 4.68. The SMILES string of the molecule is O=Cc1cccc(F)c1N1CCCC2CCCCC21. The van der Waals surface area contributed by atoms with Crippen LogP contribution in [0.4, 0.5) is 10.1 Å². The molecule has 2 nitrogen and oxygen atoms in total. The molecule has 1 heterocycles. The monoisotopic (exact) mass is 261 g/mol. The van der Waals surface area contributed by atoms with Crippen LogP contribution in [-0.4, -0.2) is 18.9 Å². The van der Waals surface area contributed by atoms with Crippen LogP contribution < -0.4 is 4.90 Å². The maximum absolute atomic E-state index is 14.2. The number of carbonyl (C=O) groups is 1. The minimum absolute atomic E-state index is 0.254. The average molecular weight is 261 g/mol. The maximum atomic E-state index is 14.2. The Balaban J connectivity index is 1.98. The molecule has 102 valence electrons. The van der Waals surface area contributed by atoms with Crippen LogP contribution >= 0.6 is 0 Å². The zero-order valence-corrected chi connectivity index (χ0v) is 11.1. The fraction of sp³-hybridized carbons (Fsp3) is 0.562. The second kappa shape index (κ2) is 5.32. The van der Waals surface area contributed by atoms with Crippen LogP contribution in [0.3, 0.4) is 0 Å². The number of halogens is 1. The molecule has 1 saturated heterocycles. The summed E-state index contributed by atoms with van der Waals surface area (Å²) in [5.41, 5.74) is 1.03. The minimum atomic E-state index is -0.254. The number of fused-ring (bicyclic) bond motifs is 1. The lowest BCUT2D eigenvalue weighted by atomic mass is 9.78. The van der Waals surface area contributed by atoms with Gasteiger partial charge < -0.3 is 4.90 Å². The zero-order valence-electron chi connectivity index (χ0n) is 11.1. The van der Waals surface area contributed by atoms with E-state index in [9.17, 15) is 9.18 Å². The quantitative estimate of drug-likeness (QED) is 0.755.